The lowest BCUT2D eigenvalue weighted by Gasteiger charge is -2.10. The maximum atomic E-state index is 11.0. The summed E-state index contributed by atoms with van der Waals surface area (Å²) in [6.45, 7) is 8.24. The zero-order valence-electron chi connectivity index (χ0n) is 10.3. The SMILES string of the molecule is CC(C)Cc1cc(C(=O)O)cc(C(C)C)n1. The standard InChI is InChI=1S/C13H19NO2/c1-8(2)5-11-6-10(13(15)16)7-12(14-11)9(3)4/h6-9H,5H2,1-4H3,(H,15,16). The molecular weight excluding hydrogens is 202 g/mol. The third-order valence-corrected chi connectivity index (χ3v) is 2.35. The quantitative estimate of drug-likeness (QED) is 0.849. The van der Waals surface area contributed by atoms with Crippen LogP contribution in [0.3, 0.4) is 0 Å². The van der Waals surface area contributed by atoms with Crippen molar-refractivity contribution in [3.8, 4) is 0 Å². The second-order valence-corrected chi connectivity index (χ2v) is 4.83. The summed E-state index contributed by atoms with van der Waals surface area (Å²) < 4.78 is 0. The number of nitrogens with zero attached hydrogens (tertiary/aromatic N) is 1. The van der Waals surface area contributed by atoms with Crippen LogP contribution >= 0.6 is 0 Å². The van der Waals surface area contributed by atoms with Crippen LogP contribution in [0.5, 0.6) is 0 Å². The van der Waals surface area contributed by atoms with E-state index in [1.807, 2.05) is 13.8 Å². The smallest absolute Gasteiger partial charge is 0.335 e. The number of aromatic carboxylic acids is 1. The van der Waals surface area contributed by atoms with Crippen LogP contribution in [0.25, 0.3) is 0 Å². The number of carboxylic acids is 1. The van der Waals surface area contributed by atoms with E-state index in [9.17, 15) is 4.79 Å². The Hall–Kier alpha value is -1.38. The van der Waals surface area contributed by atoms with E-state index >= 15 is 0 Å². The molecule has 0 spiro atoms. The number of hydrogen-bond donors (Lipinski definition) is 1. The Morgan fingerprint density at radius 2 is 1.94 bits per heavy atom. The summed E-state index contributed by atoms with van der Waals surface area (Å²) in [7, 11) is 0. The van der Waals surface area contributed by atoms with Gasteiger partial charge < -0.3 is 5.11 Å². The first-order valence-corrected chi connectivity index (χ1v) is 5.64. The molecule has 0 aliphatic heterocycles. The number of hydrogen-bond acceptors (Lipinski definition) is 2. The summed E-state index contributed by atoms with van der Waals surface area (Å²) in [5.74, 6) is -0.143. The van der Waals surface area contributed by atoms with E-state index in [1.165, 1.54) is 0 Å². The molecule has 1 heterocycles. The Kier molecular flexibility index (Phi) is 4.05. The van der Waals surface area contributed by atoms with Crippen molar-refractivity contribution in [1.29, 1.82) is 0 Å². The Labute approximate surface area is 96.5 Å². The molecule has 0 aromatic carbocycles. The van der Waals surface area contributed by atoms with Crippen molar-refractivity contribution in [3.05, 3.63) is 29.1 Å². The molecule has 0 aliphatic rings. The highest BCUT2D eigenvalue weighted by Gasteiger charge is 2.11. The highest BCUT2D eigenvalue weighted by Crippen LogP contribution is 2.17. The van der Waals surface area contributed by atoms with Crippen molar-refractivity contribution in [1.82, 2.24) is 4.98 Å². The van der Waals surface area contributed by atoms with E-state index in [0.29, 0.717) is 11.5 Å². The molecule has 16 heavy (non-hydrogen) atoms. The Morgan fingerprint density at radius 3 is 2.38 bits per heavy atom. The Bertz CT molecular complexity index is 384. The summed E-state index contributed by atoms with van der Waals surface area (Å²) in [5.41, 5.74) is 2.07. The first kappa shape index (κ1) is 12.7. The molecule has 0 amide bonds. The number of carbonyl (C=O) groups is 1. The highest BCUT2D eigenvalue weighted by molar-refractivity contribution is 5.87. The second kappa shape index (κ2) is 5.10. The van der Waals surface area contributed by atoms with Gasteiger partial charge in [0.2, 0.25) is 0 Å². The Morgan fingerprint density at radius 1 is 1.31 bits per heavy atom. The third kappa shape index (κ3) is 3.33. The summed E-state index contributed by atoms with van der Waals surface area (Å²) >= 11 is 0. The molecule has 0 saturated heterocycles. The van der Waals surface area contributed by atoms with Gasteiger partial charge in [0.05, 0.1) is 5.56 Å². The summed E-state index contributed by atoms with van der Waals surface area (Å²) in [4.78, 5) is 15.5. The predicted octanol–water partition coefficient (Wildman–Crippen LogP) is 3.10. The average molecular weight is 221 g/mol. The van der Waals surface area contributed by atoms with Crippen molar-refractivity contribution in [2.75, 3.05) is 0 Å². The minimum atomic E-state index is -0.880. The van der Waals surface area contributed by atoms with Crippen LogP contribution in [0.1, 0.15) is 55.4 Å². The molecular formula is C13H19NO2. The molecule has 1 aromatic heterocycles. The van der Waals surface area contributed by atoms with Gasteiger partial charge in [-0.25, -0.2) is 4.79 Å². The Balaban J connectivity index is 3.13. The van der Waals surface area contributed by atoms with E-state index in [2.05, 4.69) is 18.8 Å². The van der Waals surface area contributed by atoms with Gasteiger partial charge in [0, 0.05) is 11.4 Å². The van der Waals surface area contributed by atoms with Gasteiger partial charge in [0.1, 0.15) is 0 Å². The van der Waals surface area contributed by atoms with Crippen LogP contribution in [0.15, 0.2) is 12.1 Å². The maximum Gasteiger partial charge on any atom is 0.335 e. The van der Waals surface area contributed by atoms with E-state index < -0.39 is 5.97 Å². The molecule has 0 aliphatic carbocycles. The molecule has 0 unspecified atom stereocenters. The van der Waals surface area contributed by atoms with E-state index in [1.54, 1.807) is 12.1 Å². The largest absolute Gasteiger partial charge is 0.478 e. The molecule has 0 bridgehead atoms. The molecule has 1 aromatic rings. The first-order valence-electron chi connectivity index (χ1n) is 5.64. The lowest BCUT2D eigenvalue weighted by Crippen LogP contribution is -2.06. The van der Waals surface area contributed by atoms with Crippen LogP contribution in [0.4, 0.5) is 0 Å². The van der Waals surface area contributed by atoms with Gasteiger partial charge in [-0.05, 0) is 30.4 Å². The predicted molar refractivity (Wildman–Crippen MR) is 63.8 cm³/mol. The van der Waals surface area contributed by atoms with Crippen molar-refractivity contribution in [3.63, 3.8) is 0 Å². The molecule has 0 fully saturated rings. The van der Waals surface area contributed by atoms with Gasteiger partial charge in [-0.15, -0.1) is 0 Å². The van der Waals surface area contributed by atoms with Crippen LogP contribution < -0.4 is 0 Å². The fraction of sp³-hybridized carbons (Fsp3) is 0.538. The van der Waals surface area contributed by atoms with Gasteiger partial charge >= 0.3 is 5.97 Å². The zero-order valence-corrected chi connectivity index (χ0v) is 10.3. The van der Waals surface area contributed by atoms with Crippen molar-refractivity contribution >= 4 is 5.97 Å². The summed E-state index contributed by atoms with van der Waals surface area (Å²) in [5, 5.41) is 9.02. The molecule has 1 rings (SSSR count). The van der Waals surface area contributed by atoms with Gasteiger partial charge in [-0.1, -0.05) is 27.7 Å². The first-order chi connectivity index (χ1) is 7.40. The fourth-order valence-corrected chi connectivity index (χ4v) is 1.55. The van der Waals surface area contributed by atoms with Crippen molar-refractivity contribution in [2.24, 2.45) is 5.92 Å². The monoisotopic (exact) mass is 221 g/mol. The lowest BCUT2D eigenvalue weighted by molar-refractivity contribution is 0.0696. The summed E-state index contributed by atoms with van der Waals surface area (Å²) in [6.07, 6.45) is 0.820. The van der Waals surface area contributed by atoms with E-state index in [-0.39, 0.29) is 5.92 Å². The maximum absolute atomic E-state index is 11.0. The highest BCUT2D eigenvalue weighted by atomic mass is 16.4. The molecule has 3 nitrogen and oxygen atoms in total. The van der Waals surface area contributed by atoms with Gasteiger partial charge in [0.25, 0.3) is 0 Å². The van der Waals surface area contributed by atoms with E-state index in [0.717, 1.165) is 17.8 Å². The van der Waals surface area contributed by atoms with Gasteiger partial charge in [0.15, 0.2) is 0 Å². The number of aromatic nitrogens is 1. The van der Waals surface area contributed by atoms with Crippen LogP contribution in [-0.4, -0.2) is 16.1 Å². The van der Waals surface area contributed by atoms with Crippen LogP contribution in [0, 0.1) is 5.92 Å². The number of carboxylic acid groups (broad SMARTS) is 1. The zero-order chi connectivity index (χ0) is 12.3. The third-order valence-electron chi connectivity index (χ3n) is 2.35. The lowest BCUT2D eigenvalue weighted by atomic mass is 10.0. The van der Waals surface area contributed by atoms with E-state index in [4.69, 9.17) is 5.11 Å². The van der Waals surface area contributed by atoms with Crippen molar-refractivity contribution in [2.45, 2.75) is 40.0 Å². The molecule has 88 valence electrons. The fourth-order valence-electron chi connectivity index (χ4n) is 1.55. The molecule has 0 saturated carbocycles. The van der Waals surface area contributed by atoms with Gasteiger partial charge in [-0.3, -0.25) is 4.98 Å². The molecule has 3 heteroatoms. The van der Waals surface area contributed by atoms with Crippen molar-refractivity contribution < 1.29 is 9.90 Å². The number of rotatable bonds is 4. The topological polar surface area (TPSA) is 50.2 Å². The molecule has 0 atom stereocenters. The molecule has 1 N–H and O–H groups in total. The average Bonchev–Trinajstić information content (AvgIpc) is 2.15. The number of pyridine rings is 1. The minimum Gasteiger partial charge on any atom is -0.478 e. The normalized spacial score (nSPS) is 11.1. The van der Waals surface area contributed by atoms with Gasteiger partial charge in [-0.2, -0.15) is 0 Å². The summed E-state index contributed by atoms with van der Waals surface area (Å²) in [6, 6.07) is 3.34. The van der Waals surface area contributed by atoms with Crippen LogP contribution in [-0.2, 0) is 6.42 Å². The molecule has 0 radical (unpaired) electrons. The minimum absolute atomic E-state index is 0.255. The second-order valence-electron chi connectivity index (χ2n) is 4.83. The van der Waals surface area contributed by atoms with Crippen LogP contribution in [0.2, 0.25) is 0 Å².